The molecule has 4 nitrogen and oxygen atoms in total. The van der Waals surface area contributed by atoms with E-state index in [-0.39, 0.29) is 17.3 Å². The lowest BCUT2D eigenvalue weighted by atomic mass is 9.69. The molecule has 2 aliphatic rings. The fourth-order valence-electron chi connectivity index (χ4n) is 3.24. The third-order valence-corrected chi connectivity index (χ3v) is 4.17. The van der Waals surface area contributed by atoms with Crippen LogP contribution in [0.4, 0.5) is 0 Å². The molecule has 0 bridgehead atoms. The van der Waals surface area contributed by atoms with Gasteiger partial charge in [-0.2, -0.15) is 0 Å². The van der Waals surface area contributed by atoms with Gasteiger partial charge in [0.05, 0.1) is 19.6 Å². The van der Waals surface area contributed by atoms with E-state index in [1.165, 1.54) is 7.11 Å². The highest BCUT2D eigenvalue weighted by Crippen LogP contribution is 2.46. The number of benzene rings is 1. The summed E-state index contributed by atoms with van der Waals surface area (Å²) in [5, 5.41) is 3.33. The number of methoxy groups -OCH3 is 1. The van der Waals surface area contributed by atoms with Gasteiger partial charge in [0.2, 0.25) is 0 Å². The molecule has 4 heteroatoms. The van der Waals surface area contributed by atoms with Crippen molar-refractivity contribution in [2.75, 3.05) is 26.8 Å². The van der Waals surface area contributed by atoms with Gasteiger partial charge < -0.3 is 14.8 Å². The fourth-order valence-corrected chi connectivity index (χ4v) is 3.24. The van der Waals surface area contributed by atoms with E-state index in [1.54, 1.807) is 0 Å². The molecule has 0 radical (unpaired) electrons. The molecule has 1 saturated heterocycles. The third-order valence-electron chi connectivity index (χ3n) is 4.17. The van der Waals surface area contributed by atoms with Crippen LogP contribution in [0.25, 0.3) is 0 Å². The Balaban J connectivity index is 2.07. The molecular weight excluding hydrogens is 230 g/mol. The van der Waals surface area contributed by atoms with Crippen molar-refractivity contribution in [3.8, 4) is 5.75 Å². The predicted octanol–water partition coefficient (Wildman–Crippen LogP) is 1.10. The van der Waals surface area contributed by atoms with E-state index in [4.69, 9.17) is 9.47 Å². The van der Waals surface area contributed by atoms with Gasteiger partial charge in [0.15, 0.2) is 0 Å². The van der Waals surface area contributed by atoms with Crippen LogP contribution in [-0.4, -0.2) is 32.8 Å². The second-order valence-corrected chi connectivity index (χ2v) is 4.96. The van der Waals surface area contributed by atoms with Gasteiger partial charge in [-0.15, -0.1) is 0 Å². The van der Waals surface area contributed by atoms with E-state index in [1.807, 2.05) is 18.2 Å². The molecule has 0 aliphatic carbocycles. The Morgan fingerprint density at radius 2 is 2.33 bits per heavy atom. The minimum absolute atomic E-state index is 0.118. The van der Waals surface area contributed by atoms with Gasteiger partial charge in [-0.3, -0.25) is 4.79 Å². The number of carbonyl (C=O) groups is 1. The molecule has 1 N–H and O–H groups in total. The molecule has 2 atom stereocenters. The summed E-state index contributed by atoms with van der Waals surface area (Å²) < 4.78 is 10.6. The first kappa shape index (κ1) is 11.5. The van der Waals surface area contributed by atoms with Gasteiger partial charge in [0.25, 0.3) is 0 Å². The monoisotopic (exact) mass is 247 g/mol. The van der Waals surface area contributed by atoms with Crippen molar-refractivity contribution in [2.24, 2.45) is 5.92 Å². The molecule has 1 aromatic rings. The van der Waals surface area contributed by atoms with Crippen LogP contribution in [0, 0.1) is 5.92 Å². The van der Waals surface area contributed by atoms with E-state index in [9.17, 15) is 4.79 Å². The predicted molar refractivity (Wildman–Crippen MR) is 66.6 cm³/mol. The third kappa shape index (κ3) is 1.52. The highest BCUT2D eigenvalue weighted by Gasteiger charge is 2.51. The van der Waals surface area contributed by atoms with Crippen LogP contribution in [0.3, 0.4) is 0 Å². The molecule has 1 fully saturated rings. The summed E-state index contributed by atoms with van der Waals surface area (Å²) in [5.41, 5.74) is 0.971. The van der Waals surface area contributed by atoms with Gasteiger partial charge >= 0.3 is 5.97 Å². The number of nitrogens with one attached hydrogen (secondary N) is 1. The molecule has 96 valence electrons. The lowest BCUT2D eigenvalue weighted by Crippen LogP contribution is -2.43. The summed E-state index contributed by atoms with van der Waals surface area (Å²) >= 11 is 0. The van der Waals surface area contributed by atoms with Crippen molar-refractivity contribution in [3.63, 3.8) is 0 Å². The van der Waals surface area contributed by atoms with Crippen LogP contribution in [0.15, 0.2) is 24.3 Å². The zero-order valence-electron chi connectivity index (χ0n) is 10.4. The van der Waals surface area contributed by atoms with Crippen molar-refractivity contribution in [2.45, 2.75) is 11.8 Å². The van der Waals surface area contributed by atoms with Gasteiger partial charge in [0.1, 0.15) is 5.75 Å². The van der Waals surface area contributed by atoms with Gasteiger partial charge in [-0.05, 0) is 12.5 Å². The molecule has 18 heavy (non-hydrogen) atoms. The van der Waals surface area contributed by atoms with Crippen LogP contribution >= 0.6 is 0 Å². The van der Waals surface area contributed by atoms with Crippen LogP contribution < -0.4 is 10.1 Å². The van der Waals surface area contributed by atoms with Gasteiger partial charge in [-0.1, -0.05) is 18.2 Å². The number of fused-ring (bicyclic) bond motifs is 2. The maximum absolute atomic E-state index is 12.0. The van der Waals surface area contributed by atoms with Gasteiger partial charge in [0, 0.05) is 24.1 Å². The number of hydrogen-bond acceptors (Lipinski definition) is 4. The van der Waals surface area contributed by atoms with E-state index in [0.717, 1.165) is 24.3 Å². The fraction of sp³-hybridized carbons (Fsp3) is 0.500. The first-order valence-corrected chi connectivity index (χ1v) is 6.29. The minimum Gasteiger partial charge on any atom is -0.493 e. The largest absolute Gasteiger partial charge is 0.493 e. The maximum atomic E-state index is 12.0. The smallest absolute Gasteiger partial charge is 0.310 e. The molecule has 2 unspecified atom stereocenters. The standard InChI is InChI=1S/C14H17NO3/c1-17-13(16)11-8-15-9-14(11)6-7-18-12-5-3-2-4-10(12)14/h2-5,11,15H,6-9H2,1H3. The SMILES string of the molecule is COC(=O)C1CNCC12CCOc1ccccc12. The van der Waals surface area contributed by atoms with Crippen LogP contribution in [0.1, 0.15) is 12.0 Å². The van der Waals surface area contributed by atoms with Crippen molar-refractivity contribution >= 4 is 5.97 Å². The Labute approximate surface area is 106 Å². The summed E-state index contributed by atoms with van der Waals surface area (Å²) in [7, 11) is 1.46. The summed E-state index contributed by atoms with van der Waals surface area (Å²) in [6, 6.07) is 8.01. The zero-order chi connectivity index (χ0) is 12.6. The Bertz CT molecular complexity index is 474. The van der Waals surface area contributed by atoms with Crippen LogP contribution in [-0.2, 0) is 14.9 Å². The first-order chi connectivity index (χ1) is 8.78. The average Bonchev–Trinajstić information content (AvgIpc) is 2.83. The van der Waals surface area contributed by atoms with E-state index >= 15 is 0 Å². The first-order valence-electron chi connectivity index (χ1n) is 6.29. The highest BCUT2D eigenvalue weighted by atomic mass is 16.5. The number of carbonyl (C=O) groups excluding carboxylic acids is 1. The normalized spacial score (nSPS) is 29.7. The highest BCUT2D eigenvalue weighted by molar-refractivity contribution is 5.76. The molecular formula is C14H17NO3. The lowest BCUT2D eigenvalue weighted by Gasteiger charge is -2.38. The summed E-state index contributed by atoms with van der Waals surface area (Å²) in [4.78, 5) is 12.0. The average molecular weight is 247 g/mol. The van der Waals surface area contributed by atoms with Crippen LogP contribution in [0.5, 0.6) is 5.75 Å². The second-order valence-electron chi connectivity index (χ2n) is 4.96. The molecule has 0 amide bonds. The molecule has 3 rings (SSSR count). The second kappa shape index (κ2) is 4.28. The molecule has 2 heterocycles. The minimum atomic E-state index is -0.165. The summed E-state index contributed by atoms with van der Waals surface area (Å²) in [6.07, 6.45) is 0.858. The maximum Gasteiger partial charge on any atom is 0.310 e. The zero-order valence-corrected chi connectivity index (χ0v) is 10.4. The summed E-state index contributed by atoms with van der Waals surface area (Å²) in [6.45, 7) is 2.15. The number of rotatable bonds is 1. The molecule has 0 saturated carbocycles. The number of hydrogen-bond donors (Lipinski definition) is 1. The Hall–Kier alpha value is -1.55. The quantitative estimate of drug-likeness (QED) is 0.755. The molecule has 1 spiro atoms. The molecule has 1 aromatic carbocycles. The van der Waals surface area contributed by atoms with Crippen molar-refractivity contribution in [1.29, 1.82) is 0 Å². The Morgan fingerprint density at radius 3 is 3.17 bits per heavy atom. The Kier molecular flexibility index (Phi) is 2.74. The topological polar surface area (TPSA) is 47.6 Å². The van der Waals surface area contributed by atoms with Crippen LogP contribution in [0.2, 0.25) is 0 Å². The van der Waals surface area contributed by atoms with E-state index < -0.39 is 0 Å². The number of para-hydroxylation sites is 1. The van der Waals surface area contributed by atoms with Gasteiger partial charge in [-0.25, -0.2) is 0 Å². The van der Waals surface area contributed by atoms with E-state index in [2.05, 4.69) is 11.4 Å². The Morgan fingerprint density at radius 1 is 1.50 bits per heavy atom. The number of ether oxygens (including phenoxy) is 2. The summed E-state index contributed by atoms with van der Waals surface area (Å²) in [5.74, 6) is 0.658. The van der Waals surface area contributed by atoms with Crippen molar-refractivity contribution in [3.05, 3.63) is 29.8 Å². The van der Waals surface area contributed by atoms with E-state index in [0.29, 0.717) is 13.2 Å². The van der Waals surface area contributed by atoms with Crippen molar-refractivity contribution < 1.29 is 14.3 Å². The number of esters is 1. The lowest BCUT2D eigenvalue weighted by molar-refractivity contribution is -0.147. The molecule has 0 aromatic heterocycles. The molecule has 2 aliphatic heterocycles. The van der Waals surface area contributed by atoms with Crippen molar-refractivity contribution in [1.82, 2.24) is 5.32 Å².